The highest BCUT2D eigenvalue weighted by molar-refractivity contribution is 5.61. The summed E-state index contributed by atoms with van der Waals surface area (Å²) in [4.78, 5) is 11.0. The molecule has 2 N–H and O–H groups in total. The molecule has 1 heterocycles. The van der Waals surface area contributed by atoms with Gasteiger partial charge >= 0.3 is 0 Å². The molecule has 0 aliphatic rings. The lowest BCUT2D eigenvalue weighted by molar-refractivity contribution is 0.771. The summed E-state index contributed by atoms with van der Waals surface area (Å²) in [6.07, 6.45) is 0. The van der Waals surface area contributed by atoms with E-state index in [1.165, 1.54) is 0 Å². The van der Waals surface area contributed by atoms with E-state index in [9.17, 15) is 0 Å². The number of para-hydroxylation sites is 1. The second kappa shape index (κ2) is 5.69. The fourth-order valence-corrected chi connectivity index (χ4v) is 1.95. The molecule has 0 aliphatic heterocycles. The third kappa shape index (κ3) is 3.02. The molecule has 2 aromatic rings. The van der Waals surface area contributed by atoms with Crippen LogP contribution in [-0.4, -0.2) is 16.5 Å². The first-order valence-electron chi connectivity index (χ1n) is 6.59. The molecular formula is C15H20N4. The summed E-state index contributed by atoms with van der Waals surface area (Å²) in [7, 11) is 0. The van der Waals surface area contributed by atoms with E-state index in [-0.39, 0.29) is 5.92 Å². The van der Waals surface area contributed by atoms with Crippen LogP contribution < -0.4 is 10.6 Å². The Morgan fingerprint density at radius 2 is 1.84 bits per heavy atom. The zero-order chi connectivity index (χ0) is 13.8. The van der Waals surface area contributed by atoms with Gasteiger partial charge in [-0.15, -0.1) is 0 Å². The Labute approximate surface area is 114 Å². The number of aromatic nitrogens is 2. The lowest BCUT2D eigenvalue weighted by Gasteiger charge is -2.23. The summed E-state index contributed by atoms with van der Waals surface area (Å²) >= 11 is 0. The molecule has 2 rings (SSSR count). The average molecular weight is 256 g/mol. The lowest BCUT2D eigenvalue weighted by atomic mass is 10.2. The second-order valence-electron chi connectivity index (χ2n) is 4.74. The first-order chi connectivity index (χ1) is 9.11. The summed E-state index contributed by atoms with van der Waals surface area (Å²) in [6, 6.07) is 12.0. The quantitative estimate of drug-likeness (QED) is 0.911. The van der Waals surface area contributed by atoms with E-state index in [4.69, 9.17) is 5.73 Å². The van der Waals surface area contributed by atoms with E-state index in [0.717, 1.165) is 23.9 Å². The molecule has 0 radical (unpaired) electrons. The van der Waals surface area contributed by atoms with E-state index >= 15 is 0 Å². The zero-order valence-electron chi connectivity index (χ0n) is 11.7. The van der Waals surface area contributed by atoms with Crippen molar-refractivity contribution in [2.45, 2.75) is 26.7 Å². The van der Waals surface area contributed by atoms with Gasteiger partial charge in [-0.2, -0.15) is 0 Å². The molecule has 0 fully saturated rings. The summed E-state index contributed by atoms with van der Waals surface area (Å²) in [5.74, 6) is 2.41. The van der Waals surface area contributed by atoms with Crippen LogP contribution in [0.25, 0.3) is 0 Å². The monoisotopic (exact) mass is 256 g/mol. The van der Waals surface area contributed by atoms with E-state index in [1.807, 2.05) is 24.3 Å². The smallest absolute Gasteiger partial charge is 0.138 e. The Balaban J connectivity index is 2.44. The molecule has 0 spiro atoms. The molecule has 1 aromatic heterocycles. The van der Waals surface area contributed by atoms with E-state index in [1.54, 1.807) is 0 Å². The molecule has 0 atom stereocenters. The number of nitrogens with two attached hydrogens (primary N) is 1. The van der Waals surface area contributed by atoms with Crippen LogP contribution in [0.3, 0.4) is 0 Å². The number of hydrogen-bond acceptors (Lipinski definition) is 4. The maximum absolute atomic E-state index is 5.89. The van der Waals surface area contributed by atoms with Crippen molar-refractivity contribution in [3.63, 3.8) is 0 Å². The van der Waals surface area contributed by atoms with Crippen LogP contribution in [0.1, 0.15) is 32.5 Å². The Kier molecular flexibility index (Phi) is 4.00. The van der Waals surface area contributed by atoms with Crippen molar-refractivity contribution in [1.82, 2.24) is 9.97 Å². The SMILES string of the molecule is CCN(c1ccccc1)c1cc(N)nc(C(C)C)n1. The summed E-state index contributed by atoms with van der Waals surface area (Å²) in [6.45, 7) is 7.06. The summed E-state index contributed by atoms with van der Waals surface area (Å²) in [5.41, 5.74) is 7.00. The van der Waals surface area contributed by atoms with Crippen LogP contribution in [0.4, 0.5) is 17.3 Å². The average Bonchev–Trinajstić information content (AvgIpc) is 2.40. The van der Waals surface area contributed by atoms with Gasteiger partial charge in [0.15, 0.2) is 0 Å². The van der Waals surface area contributed by atoms with E-state index < -0.39 is 0 Å². The lowest BCUT2D eigenvalue weighted by Crippen LogP contribution is -2.19. The van der Waals surface area contributed by atoms with Gasteiger partial charge in [-0.3, -0.25) is 0 Å². The molecule has 0 unspecified atom stereocenters. The third-order valence-corrected chi connectivity index (χ3v) is 2.93. The van der Waals surface area contributed by atoms with Gasteiger partial charge in [-0.25, -0.2) is 9.97 Å². The minimum Gasteiger partial charge on any atom is -0.384 e. The molecule has 0 aliphatic carbocycles. The van der Waals surface area contributed by atoms with Crippen LogP contribution in [0.15, 0.2) is 36.4 Å². The molecule has 0 bridgehead atoms. The van der Waals surface area contributed by atoms with Crippen molar-refractivity contribution in [3.05, 3.63) is 42.2 Å². The fraction of sp³-hybridized carbons (Fsp3) is 0.333. The predicted molar refractivity (Wildman–Crippen MR) is 79.7 cm³/mol. The highest BCUT2D eigenvalue weighted by Crippen LogP contribution is 2.25. The van der Waals surface area contributed by atoms with Crippen LogP contribution in [0, 0.1) is 0 Å². The molecule has 4 nitrogen and oxygen atoms in total. The molecule has 4 heteroatoms. The number of benzene rings is 1. The standard InChI is InChI=1S/C15H20N4/c1-4-19(12-8-6-5-7-9-12)14-10-13(16)17-15(18-14)11(2)3/h5-11H,4H2,1-3H3,(H2,16,17,18). The summed E-state index contributed by atoms with van der Waals surface area (Å²) < 4.78 is 0. The second-order valence-corrected chi connectivity index (χ2v) is 4.74. The van der Waals surface area contributed by atoms with Crippen molar-refractivity contribution in [2.24, 2.45) is 0 Å². The number of nitrogens with zero attached hydrogens (tertiary/aromatic N) is 3. The Hall–Kier alpha value is -2.10. The molecule has 0 saturated carbocycles. The Morgan fingerprint density at radius 1 is 1.16 bits per heavy atom. The third-order valence-electron chi connectivity index (χ3n) is 2.93. The van der Waals surface area contributed by atoms with E-state index in [2.05, 4.69) is 47.8 Å². The fourth-order valence-electron chi connectivity index (χ4n) is 1.95. The minimum atomic E-state index is 0.261. The predicted octanol–water partition coefficient (Wildman–Crippen LogP) is 3.34. The maximum Gasteiger partial charge on any atom is 0.138 e. The minimum absolute atomic E-state index is 0.261. The zero-order valence-corrected chi connectivity index (χ0v) is 11.7. The number of nitrogen functional groups attached to an aromatic ring is 1. The van der Waals surface area contributed by atoms with Crippen molar-refractivity contribution in [2.75, 3.05) is 17.2 Å². The molecule has 1 aromatic carbocycles. The van der Waals surface area contributed by atoms with Gasteiger partial charge in [0, 0.05) is 24.2 Å². The largest absolute Gasteiger partial charge is 0.384 e. The van der Waals surface area contributed by atoms with Crippen LogP contribution in [-0.2, 0) is 0 Å². The van der Waals surface area contributed by atoms with Gasteiger partial charge in [0.2, 0.25) is 0 Å². The van der Waals surface area contributed by atoms with Gasteiger partial charge in [0.25, 0.3) is 0 Å². The van der Waals surface area contributed by atoms with Crippen molar-refractivity contribution in [1.29, 1.82) is 0 Å². The first-order valence-corrected chi connectivity index (χ1v) is 6.59. The molecule has 19 heavy (non-hydrogen) atoms. The normalized spacial score (nSPS) is 10.7. The number of rotatable bonds is 4. The van der Waals surface area contributed by atoms with Gasteiger partial charge in [-0.1, -0.05) is 32.0 Å². The van der Waals surface area contributed by atoms with Gasteiger partial charge < -0.3 is 10.6 Å². The maximum atomic E-state index is 5.89. The number of anilines is 3. The molecule has 100 valence electrons. The Bertz CT molecular complexity index is 537. The molecular weight excluding hydrogens is 236 g/mol. The van der Waals surface area contributed by atoms with Crippen molar-refractivity contribution < 1.29 is 0 Å². The summed E-state index contributed by atoms with van der Waals surface area (Å²) in [5, 5.41) is 0. The van der Waals surface area contributed by atoms with Crippen molar-refractivity contribution >= 4 is 17.3 Å². The van der Waals surface area contributed by atoms with Crippen molar-refractivity contribution in [3.8, 4) is 0 Å². The highest BCUT2D eigenvalue weighted by Gasteiger charge is 2.12. The van der Waals surface area contributed by atoms with Crippen LogP contribution in [0.5, 0.6) is 0 Å². The van der Waals surface area contributed by atoms with Gasteiger partial charge in [0.1, 0.15) is 17.5 Å². The topological polar surface area (TPSA) is 55.0 Å². The van der Waals surface area contributed by atoms with E-state index in [0.29, 0.717) is 5.82 Å². The number of hydrogen-bond donors (Lipinski definition) is 1. The van der Waals surface area contributed by atoms with Gasteiger partial charge in [-0.05, 0) is 19.1 Å². The first kappa shape index (κ1) is 13.3. The Morgan fingerprint density at radius 3 is 2.42 bits per heavy atom. The van der Waals surface area contributed by atoms with Gasteiger partial charge in [0.05, 0.1) is 0 Å². The highest BCUT2D eigenvalue weighted by atomic mass is 15.2. The molecule has 0 amide bonds. The van der Waals surface area contributed by atoms with Crippen LogP contribution in [0.2, 0.25) is 0 Å². The van der Waals surface area contributed by atoms with Crippen LogP contribution >= 0.6 is 0 Å². The molecule has 0 saturated heterocycles.